The first kappa shape index (κ1) is 10.2. The summed E-state index contributed by atoms with van der Waals surface area (Å²) in [6, 6.07) is 5.72. The van der Waals surface area contributed by atoms with Crippen LogP contribution in [0, 0.1) is 11.3 Å². The Hall–Kier alpha value is -0.890. The lowest BCUT2D eigenvalue weighted by Crippen LogP contribution is -2.42. The number of hydrogen-bond donors (Lipinski definition) is 2. The number of nitriles is 1. The molecule has 0 saturated heterocycles. The molecule has 0 bridgehead atoms. The molecule has 3 nitrogen and oxygen atoms in total. The van der Waals surface area contributed by atoms with Gasteiger partial charge in [-0.2, -0.15) is 5.26 Å². The van der Waals surface area contributed by atoms with E-state index in [9.17, 15) is 0 Å². The second-order valence-corrected chi connectivity index (χ2v) is 4.54. The number of aliphatic hydroxyl groups excluding tert-OH is 1. The van der Waals surface area contributed by atoms with E-state index in [4.69, 9.17) is 16.1 Å². The lowest BCUT2D eigenvalue weighted by Gasteiger charge is -2.20. The van der Waals surface area contributed by atoms with Crippen molar-refractivity contribution in [3.8, 4) is 6.07 Å². The third kappa shape index (κ3) is 2.81. The Bertz CT molecular complexity index is 325. The van der Waals surface area contributed by atoms with Crippen molar-refractivity contribution in [2.75, 3.05) is 6.61 Å². The minimum Gasteiger partial charge on any atom is -0.394 e. The maximum Gasteiger partial charge on any atom is 0.110 e. The van der Waals surface area contributed by atoms with Gasteiger partial charge in [0.2, 0.25) is 0 Å². The van der Waals surface area contributed by atoms with Crippen LogP contribution in [0.5, 0.6) is 0 Å². The van der Waals surface area contributed by atoms with E-state index in [0.717, 1.165) is 4.88 Å². The number of thiophene rings is 1. The van der Waals surface area contributed by atoms with Crippen molar-refractivity contribution >= 4 is 11.3 Å². The predicted molar refractivity (Wildman–Crippen MR) is 52.4 cm³/mol. The SMILES string of the molecule is CC(N)(CO)Cc1ccc(C#N)s1. The maximum absolute atomic E-state index is 8.93. The van der Waals surface area contributed by atoms with Gasteiger partial charge in [-0.3, -0.25) is 0 Å². The highest BCUT2D eigenvalue weighted by molar-refractivity contribution is 7.12. The predicted octanol–water partition coefficient (Wildman–Crippen LogP) is 0.872. The van der Waals surface area contributed by atoms with Gasteiger partial charge in [-0.25, -0.2) is 0 Å². The fourth-order valence-corrected chi connectivity index (χ4v) is 1.99. The van der Waals surface area contributed by atoms with Crippen LogP contribution in [0.1, 0.15) is 16.7 Å². The summed E-state index contributed by atoms with van der Waals surface area (Å²) < 4.78 is 0. The number of nitrogens with zero attached hydrogens (tertiary/aromatic N) is 1. The third-order valence-corrected chi connectivity index (χ3v) is 2.70. The van der Waals surface area contributed by atoms with Crippen molar-refractivity contribution in [3.63, 3.8) is 0 Å². The molecule has 1 aromatic heterocycles. The fraction of sp³-hybridized carbons (Fsp3) is 0.444. The van der Waals surface area contributed by atoms with Gasteiger partial charge in [0.15, 0.2) is 0 Å². The van der Waals surface area contributed by atoms with Crippen molar-refractivity contribution in [2.24, 2.45) is 5.73 Å². The van der Waals surface area contributed by atoms with Crippen molar-refractivity contribution < 1.29 is 5.11 Å². The van der Waals surface area contributed by atoms with E-state index in [1.54, 1.807) is 13.0 Å². The summed E-state index contributed by atoms with van der Waals surface area (Å²) in [5.74, 6) is 0. The van der Waals surface area contributed by atoms with Gasteiger partial charge in [0.25, 0.3) is 0 Å². The fourth-order valence-electron chi connectivity index (χ4n) is 0.987. The van der Waals surface area contributed by atoms with Gasteiger partial charge in [0.1, 0.15) is 10.9 Å². The van der Waals surface area contributed by atoms with Gasteiger partial charge in [0, 0.05) is 16.8 Å². The first-order valence-electron chi connectivity index (χ1n) is 3.96. The first-order valence-corrected chi connectivity index (χ1v) is 4.77. The second-order valence-electron chi connectivity index (χ2n) is 3.37. The van der Waals surface area contributed by atoms with E-state index in [1.165, 1.54) is 11.3 Å². The minimum atomic E-state index is -0.586. The lowest BCUT2D eigenvalue weighted by molar-refractivity contribution is 0.209. The van der Waals surface area contributed by atoms with Crippen LogP contribution < -0.4 is 5.73 Å². The Labute approximate surface area is 81.4 Å². The molecule has 4 heteroatoms. The standard InChI is InChI=1S/C9H12N2OS/c1-9(11,6-12)4-7-2-3-8(5-10)13-7/h2-3,12H,4,6,11H2,1H3. The van der Waals surface area contributed by atoms with E-state index in [1.807, 2.05) is 6.07 Å². The molecule has 0 radical (unpaired) electrons. The average molecular weight is 196 g/mol. The first-order chi connectivity index (χ1) is 6.07. The van der Waals surface area contributed by atoms with Crippen LogP contribution in [0.25, 0.3) is 0 Å². The molecule has 1 rings (SSSR count). The van der Waals surface area contributed by atoms with Gasteiger partial charge in [0.05, 0.1) is 6.61 Å². The van der Waals surface area contributed by atoms with Gasteiger partial charge in [-0.15, -0.1) is 11.3 Å². The highest BCUT2D eigenvalue weighted by Crippen LogP contribution is 2.19. The molecule has 0 aliphatic heterocycles. The lowest BCUT2D eigenvalue weighted by atomic mass is 10.00. The quantitative estimate of drug-likeness (QED) is 0.753. The molecule has 13 heavy (non-hydrogen) atoms. The zero-order valence-electron chi connectivity index (χ0n) is 7.45. The summed E-state index contributed by atoms with van der Waals surface area (Å²) in [6.07, 6.45) is 0.607. The van der Waals surface area contributed by atoms with Crippen LogP contribution in [-0.2, 0) is 6.42 Å². The molecule has 0 saturated carbocycles. The molecule has 0 aliphatic carbocycles. The van der Waals surface area contributed by atoms with E-state index in [-0.39, 0.29) is 6.61 Å². The highest BCUT2D eigenvalue weighted by Gasteiger charge is 2.18. The summed E-state index contributed by atoms with van der Waals surface area (Å²) in [5.41, 5.74) is 5.19. The molecule has 3 N–H and O–H groups in total. The molecular formula is C9H12N2OS. The number of rotatable bonds is 3. The zero-order chi connectivity index (χ0) is 9.90. The smallest absolute Gasteiger partial charge is 0.110 e. The van der Waals surface area contributed by atoms with Gasteiger partial charge in [-0.05, 0) is 19.1 Å². The molecule has 1 atom stereocenters. The minimum absolute atomic E-state index is 0.0488. The maximum atomic E-state index is 8.93. The molecule has 0 aromatic carbocycles. The number of nitrogens with two attached hydrogens (primary N) is 1. The molecule has 70 valence electrons. The molecule has 0 spiro atoms. The Morgan fingerprint density at radius 2 is 2.38 bits per heavy atom. The van der Waals surface area contributed by atoms with Crippen molar-refractivity contribution in [2.45, 2.75) is 18.9 Å². The van der Waals surface area contributed by atoms with E-state index >= 15 is 0 Å². The van der Waals surface area contributed by atoms with Crippen molar-refractivity contribution in [1.82, 2.24) is 0 Å². The van der Waals surface area contributed by atoms with Crippen LogP contribution in [0.15, 0.2) is 12.1 Å². The van der Waals surface area contributed by atoms with E-state index < -0.39 is 5.54 Å². The third-order valence-electron chi connectivity index (χ3n) is 1.71. The molecule has 1 unspecified atom stereocenters. The topological polar surface area (TPSA) is 70.0 Å². The van der Waals surface area contributed by atoms with Crippen LogP contribution in [-0.4, -0.2) is 17.3 Å². The second kappa shape index (κ2) is 3.88. The average Bonchev–Trinajstić information content (AvgIpc) is 2.52. The molecule has 0 aliphatic rings. The van der Waals surface area contributed by atoms with Crippen LogP contribution in [0.3, 0.4) is 0 Å². The summed E-state index contributed by atoms with van der Waals surface area (Å²) in [5, 5.41) is 17.5. The number of aliphatic hydroxyl groups is 1. The molecule has 0 fully saturated rings. The van der Waals surface area contributed by atoms with Gasteiger partial charge >= 0.3 is 0 Å². The largest absolute Gasteiger partial charge is 0.394 e. The highest BCUT2D eigenvalue weighted by atomic mass is 32.1. The number of hydrogen-bond acceptors (Lipinski definition) is 4. The molecule has 0 amide bonds. The Balaban J connectivity index is 2.70. The monoisotopic (exact) mass is 196 g/mol. The summed E-state index contributed by atoms with van der Waals surface area (Å²) in [7, 11) is 0. The Morgan fingerprint density at radius 1 is 1.69 bits per heavy atom. The van der Waals surface area contributed by atoms with E-state index in [0.29, 0.717) is 11.3 Å². The Kier molecular flexibility index (Phi) is 3.04. The van der Waals surface area contributed by atoms with E-state index in [2.05, 4.69) is 6.07 Å². The van der Waals surface area contributed by atoms with Gasteiger partial charge < -0.3 is 10.8 Å². The Morgan fingerprint density at radius 3 is 2.85 bits per heavy atom. The van der Waals surface area contributed by atoms with Gasteiger partial charge in [-0.1, -0.05) is 0 Å². The van der Waals surface area contributed by atoms with Crippen LogP contribution in [0.4, 0.5) is 0 Å². The van der Waals surface area contributed by atoms with Crippen molar-refractivity contribution in [3.05, 3.63) is 21.9 Å². The summed E-state index contributed by atoms with van der Waals surface area (Å²) in [4.78, 5) is 1.72. The molecular weight excluding hydrogens is 184 g/mol. The molecule has 1 heterocycles. The zero-order valence-corrected chi connectivity index (χ0v) is 8.27. The summed E-state index contributed by atoms with van der Waals surface area (Å²) >= 11 is 1.42. The normalized spacial score (nSPS) is 14.9. The molecule has 1 aromatic rings. The summed E-state index contributed by atoms with van der Waals surface area (Å²) in [6.45, 7) is 1.74. The van der Waals surface area contributed by atoms with Crippen molar-refractivity contribution in [1.29, 1.82) is 5.26 Å². The van der Waals surface area contributed by atoms with Crippen LogP contribution in [0.2, 0.25) is 0 Å². The van der Waals surface area contributed by atoms with Crippen LogP contribution >= 0.6 is 11.3 Å².